The maximum Gasteiger partial charge on any atom is 0.250 e. The fourth-order valence-electron chi connectivity index (χ4n) is 3.35. The first kappa shape index (κ1) is 25.3. The molecule has 3 aromatic carbocycles. The van der Waals surface area contributed by atoms with E-state index >= 15 is 0 Å². The third-order valence-electron chi connectivity index (χ3n) is 5.19. The zero-order valence-electron chi connectivity index (χ0n) is 19.9. The maximum absolute atomic E-state index is 12.5. The van der Waals surface area contributed by atoms with Gasteiger partial charge in [-0.25, -0.2) is 5.43 Å². The van der Waals surface area contributed by atoms with Crippen LogP contribution in [0.5, 0.6) is 11.5 Å². The molecule has 0 aliphatic rings. The lowest BCUT2D eigenvalue weighted by Crippen LogP contribution is -2.20. The average molecular weight is 522 g/mol. The molecule has 184 valence electrons. The first-order valence-electron chi connectivity index (χ1n) is 10.9. The smallest absolute Gasteiger partial charge is 0.250 e. The number of nitrogens with zero attached hydrogens (tertiary/aromatic N) is 4. The maximum atomic E-state index is 12.5. The first-order valence-corrected chi connectivity index (χ1v) is 12.3. The molecule has 0 aliphatic carbocycles. The molecule has 10 heteroatoms. The van der Waals surface area contributed by atoms with Crippen molar-refractivity contribution in [3.05, 3.63) is 82.9 Å². The van der Waals surface area contributed by atoms with Crippen LogP contribution in [0.4, 0.5) is 0 Å². The SMILES string of the molecule is COc1ccc(OC)c(/C=N/NC(=O)CSc2nnc(-c3ccc(Cl)cc3)n2-c2ccc(C)cc2)c1. The van der Waals surface area contributed by atoms with E-state index in [1.165, 1.54) is 18.0 Å². The van der Waals surface area contributed by atoms with Crippen LogP contribution in [0, 0.1) is 6.92 Å². The van der Waals surface area contributed by atoms with Crippen LogP contribution >= 0.6 is 23.4 Å². The molecule has 0 fully saturated rings. The molecule has 0 spiro atoms. The zero-order chi connectivity index (χ0) is 25.5. The highest BCUT2D eigenvalue weighted by molar-refractivity contribution is 7.99. The summed E-state index contributed by atoms with van der Waals surface area (Å²) in [5, 5.41) is 14.0. The minimum Gasteiger partial charge on any atom is -0.497 e. The van der Waals surface area contributed by atoms with Crippen molar-refractivity contribution < 1.29 is 14.3 Å². The van der Waals surface area contributed by atoms with Gasteiger partial charge in [0.2, 0.25) is 0 Å². The second kappa shape index (κ2) is 11.7. The summed E-state index contributed by atoms with van der Waals surface area (Å²) in [5.41, 5.74) is 6.11. The van der Waals surface area contributed by atoms with Crippen molar-refractivity contribution in [2.75, 3.05) is 20.0 Å². The molecule has 8 nitrogen and oxygen atoms in total. The molecular formula is C26H24ClN5O3S. The number of hydrazone groups is 1. The number of aryl methyl sites for hydroxylation is 1. The van der Waals surface area contributed by atoms with Gasteiger partial charge in [0.05, 0.1) is 26.2 Å². The van der Waals surface area contributed by atoms with E-state index in [0.29, 0.717) is 33.1 Å². The van der Waals surface area contributed by atoms with Crippen molar-refractivity contribution in [1.29, 1.82) is 0 Å². The Hall–Kier alpha value is -3.82. The van der Waals surface area contributed by atoms with Crippen LogP contribution in [-0.4, -0.2) is 46.9 Å². The van der Waals surface area contributed by atoms with Crippen LogP contribution in [0.25, 0.3) is 17.1 Å². The normalized spacial score (nSPS) is 11.0. The predicted molar refractivity (Wildman–Crippen MR) is 143 cm³/mol. The molecule has 1 amide bonds. The Bertz CT molecular complexity index is 1370. The molecular weight excluding hydrogens is 498 g/mol. The van der Waals surface area contributed by atoms with Gasteiger partial charge < -0.3 is 9.47 Å². The van der Waals surface area contributed by atoms with Crippen LogP contribution in [0.15, 0.2) is 77.0 Å². The number of carbonyl (C=O) groups is 1. The molecule has 1 N–H and O–H groups in total. The minimum atomic E-state index is -0.287. The summed E-state index contributed by atoms with van der Waals surface area (Å²) in [6.07, 6.45) is 1.51. The Labute approximate surface area is 218 Å². The molecule has 4 aromatic rings. The number of rotatable bonds is 9. The molecule has 0 unspecified atom stereocenters. The number of aromatic nitrogens is 3. The van der Waals surface area contributed by atoms with E-state index in [1.807, 2.05) is 47.9 Å². The fraction of sp³-hybridized carbons (Fsp3) is 0.154. The number of nitrogens with one attached hydrogen (secondary N) is 1. The summed E-state index contributed by atoms with van der Waals surface area (Å²) >= 11 is 7.33. The van der Waals surface area contributed by atoms with Crippen LogP contribution in [0.3, 0.4) is 0 Å². The Morgan fingerprint density at radius 1 is 1.06 bits per heavy atom. The highest BCUT2D eigenvalue weighted by Gasteiger charge is 2.17. The molecule has 0 bridgehead atoms. The third-order valence-corrected chi connectivity index (χ3v) is 6.37. The van der Waals surface area contributed by atoms with E-state index < -0.39 is 0 Å². The van der Waals surface area contributed by atoms with Crippen molar-refractivity contribution in [1.82, 2.24) is 20.2 Å². The van der Waals surface area contributed by atoms with Gasteiger partial charge in [-0.2, -0.15) is 5.10 Å². The zero-order valence-corrected chi connectivity index (χ0v) is 21.5. The van der Waals surface area contributed by atoms with Gasteiger partial charge in [0.1, 0.15) is 11.5 Å². The number of carbonyl (C=O) groups excluding carboxylic acids is 1. The largest absolute Gasteiger partial charge is 0.497 e. The Kier molecular flexibility index (Phi) is 8.24. The van der Waals surface area contributed by atoms with Crippen LogP contribution in [0.1, 0.15) is 11.1 Å². The topological polar surface area (TPSA) is 90.6 Å². The van der Waals surface area contributed by atoms with E-state index in [9.17, 15) is 4.79 Å². The van der Waals surface area contributed by atoms with Gasteiger partial charge in [0.25, 0.3) is 5.91 Å². The Balaban J connectivity index is 1.50. The lowest BCUT2D eigenvalue weighted by atomic mass is 10.2. The molecule has 0 radical (unpaired) electrons. The van der Waals surface area contributed by atoms with Crippen molar-refractivity contribution >= 4 is 35.5 Å². The van der Waals surface area contributed by atoms with E-state index in [4.69, 9.17) is 21.1 Å². The number of thioether (sulfide) groups is 1. The molecule has 4 rings (SSSR count). The van der Waals surface area contributed by atoms with Crippen molar-refractivity contribution in [3.8, 4) is 28.6 Å². The van der Waals surface area contributed by atoms with Gasteiger partial charge in [-0.05, 0) is 61.5 Å². The van der Waals surface area contributed by atoms with Crippen LogP contribution in [-0.2, 0) is 4.79 Å². The number of hydrogen-bond donors (Lipinski definition) is 1. The molecule has 0 aliphatic heterocycles. The summed E-state index contributed by atoms with van der Waals surface area (Å²) in [5.74, 6) is 1.73. The molecule has 1 heterocycles. The second-order valence-corrected chi connectivity index (χ2v) is 9.05. The summed E-state index contributed by atoms with van der Waals surface area (Å²) in [4.78, 5) is 12.5. The molecule has 36 heavy (non-hydrogen) atoms. The van der Waals surface area contributed by atoms with Gasteiger partial charge in [-0.3, -0.25) is 9.36 Å². The summed E-state index contributed by atoms with van der Waals surface area (Å²) in [7, 11) is 3.15. The van der Waals surface area contributed by atoms with E-state index in [1.54, 1.807) is 44.6 Å². The summed E-state index contributed by atoms with van der Waals surface area (Å²) in [6.45, 7) is 2.03. The number of hydrogen-bond acceptors (Lipinski definition) is 7. The van der Waals surface area contributed by atoms with Crippen LogP contribution < -0.4 is 14.9 Å². The Morgan fingerprint density at radius 2 is 1.81 bits per heavy atom. The van der Waals surface area contributed by atoms with Crippen molar-refractivity contribution in [3.63, 3.8) is 0 Å². The standard InChI is InChI=1S/C26H24ClN5O3S/c1-17-4-10-21(11-5-17)32-25(18-6-8-20(27)9-7-18)30-31-26(32)36-16-24(33)29-28-15-19-14-22(34-2)12-13-23(19)35-3/h4-15H,16H2,1-3H3,(H,29,33)/b28-15+. The van der Waals surface area contributed by atoms with Gasteiger partial charge in [0.15, 0.2) is 11.0 Å². The van der Waals surface area contributed by atoms with Crippen LogP contribution in [0.2, 0.25) is 5.02 Å². The fourth-order valence-corrected chi connectivity index (χ4v) is 4.22. The highest BCUT2D eigenvalue weighted by Crippen LogP contribution is 2.29. The van der Waals surface area contributed by atoms with Crippen molar-refractivity contribution in [2.24, 2.45) is 5.10 Å². The number of halogens is 1. The van der Waals surface area contributed by atoms with E-state index in [-0.39, 0.29) is 11.7 Å². The second-order valence-electron chi connectivity index (χ2n) is 7.67. The highest BCUT2D eigenvalue weighted by atomic mass is 35.5. The lowest BCUT2D eigenvalue weighted by Gasteiger charge is -2.11. The molecule has 1 aromatic heterocycles. The minimum absolute atomic E-state index is 0.0944. The number of benzene rings is 3. The van der Waals surface area contributed by atoms with Crippen molar-refractivity contribution in [2.45, 2.75) is 12.1 Å². The Morgan fingerprint density at radius 3 is 2.50 bits per heavy atom. The predicted octanol–water partition coefficient (Wildman–Crippen LogP) is 5.16. The molecule has 0 saturated carbocycles. The molecule has 0 saturated heterocycles. The van der Waals surface area contributed by atoms with E-state index in [2.05, 4.69) is 20.7 Å². The monoisotopic (exact) mass is 521 g/mol. The number of amides is 1. The number of ether oxygens (including phenoxy) is 2. The van der Waals surface area contributed by atoms with E-state index in [0.717, 1.165) is 16.8 Å². The van der Waals surface area contributed by atoms with Gasteiger partial charge in [-0.15, -0.1) is 10.2 Å². The summed E-state index contributed by atoms with van der Waals surface area (Å²) in [6, 6.07) is 20.7. The van der Waals surface area contributed by atoms with Gasteiger partial charge in [0, 0.05) is 21.8 Å². The molecule has 0 atom stereocenters. The average Bonchev–Trinajstić information content (AvgIpc) is 3.32. The third kappa shape index (κ3) is 6.05. The first-order chi connectivity index (χ1) is 17.5. The summed E-state index contributed by atoms with van der Waals surface area (Å²) < 4.78 is 12.5. The lowest BCUT2D eigenvalue weighted by molar-refractivity contribution is -0.118. The van der Waals surface area contributed by atoms with Gasteiger partial charge in [-0.1, -0.05) is 41.1 Å². The quantitative estimate of drug-likeness (QED) is 0.186. The number of methoxy groups -OCH3 is 2. The van der Waals surface area contributed by atoms with Gasteiger partial charge >= 0.3 is 0 Å².